The van der Waals surface area contributed by atoms with Crippen LogP contribution in [-0.4, -0.2) is 27.5 Å². The van der Waals surface area contributed by atoms with Crippen LogP contribution in [0.2, 0.25) is 4.34 Å². The van der Waals surface area contributed by atoms with Crippen LogP contribution in [0.5, 0.6) is 0 Å². The molecule has 1 amide bonds. The van der Waals surface area contributed by atoms with Gasteiger partial charge in [-0.1, -0.05) is 11.6 Å². The molecule has 0 saturated heterocycles. The number of halogens is 1. The molecule has 0 aliphatic heterocycles. The summed E-state index contributed by atoms with van der Waals surface area (Å²) in [6.07, 6.45) is 2.28. The number of nitrogens with one attached hydrogen (secondary N) is 1. The van der Waals surface area contributed by atoms with E-state index in [0.29, 0.717) is 22.9 Å². The Labute approximate surface area is 140 Å². The topological polar surface area (TPSA) is 79.3 Å². The van der Waals surface area contributed by atoms with E-state index in [4.69, 9.17) is 16.7 Å². The van der Waals surface area contributed by atoms with Gasteiger partial charge in [0.25, 0.3) is 5.91 Å². The average Bonchev–Trinajstić information content (AvgIpc) is 3.03. The Hall–Kier alpha value is -1.44. The number of carboxylic acids is 1. The van der Waals surface area contributed by atoms with Gasteiger partial charge < -0.3 is 10.4 Å². The molecule has 0 unspecified atom stereocenters. The van der Waals surface area contributed by atoms with Crippen LogP contribution in [-0.2, 0) is 4.79 Å². The van der Waals surface area contributed by atoms with Crippen LogP contribution in [0.15, 0.2) is 17.5 Å². The molecule has 2 N–H and O–H groups in total. The lowest BCUT2D eigenvalue weighted by molar-refractivity contribution is -0.139. The van der Waals surface area contributed by atoms with E-state index in [1.54, 1.807) is 11.4 Å². The van der Waals surface area contributed by atoms with Gasteiger partial charge in [0.05, 0.1) is 21.2 Å². The van der Waals surface area contributed by atoms with Crippen molar-refractivity contribution in [1.82, 2.24) is 10.3 Å². The van der Waals surface area contributed by atoms with Gasteiger partial charge in [-0.05, 0) is 31.4 Å². The van der Waals surface area contributed by atoms with Crippen molar-refractivity contribution in [2.75, 3.05) is 0 Å². The molecule has 2 aromatic rings. The van der Waals surface area contributed by atoms with Gasteiger partial charge in [-0.2, -0.15) is 0 Å². The first-order chi connectivity index (χ1) is 10.5. The van der Waals surface area contributed by atoms with E-state index in [9.17, 15) is 9.59 Å². The molecule has 0 spiro atoms. The number of aliphatic carboxylic acids is 1. The first-order valence-electron chi connectivity index (χ1n) is 6.73. The van der Waals surface area contributed by atoms with E-state index in [1.807, 2.05) is 6.07 Å². The van der Waals surface area contributed by atoms with Gasteiger partial charge in [-0.25, -0.2) is 4.98 Å². The summed E-state index contributed by atoms with van der Waals surface area (Å²) in [5.41, 5.74) is -0.292. The fourth-order valence-corrected chi connectivity index (χ4v) is 4.38. The molecule has 3 rings (SSSR count). The molecular formula is C14H13ClN2O3S2. The maximum Gasteiger partial charge on any atom is 0.305 e. The molecule has 8 heteroatoms. The maximum absolute atomic E-state index is 12.3. The van der Waals surface area contributed by atoms with Crippen LogP contribution < -0.4 is 5.32 Å². The molecule has 116 valence electrons. The second kappa shape index (κ2) is 5.98. The van der Waals surface area contributed by atoms with Gasteiger partial charge >= 0.3 is 5.97 Å². The summed E-state index contributed by atoms with van der Waals surface area (Å²) >= 11 is 8.68. The SMILES string of the molecule is O=C(O)CC1(NC(=O)c2csc(-c3ccc(Cl)s3)n2)CCC1. The predicted octanol–water partition coefficient (Wildman–Crippen LogP) is 3.65. The molecule has 0 aromatic carbocycles. The normalized spacial score (nSPS) is 16.0. The fraction of sp³-hybridized carbons (Fsp3) is 0.357. The minimum absolute atomic E-state index is 0.0454. The lowest BCUT2D eigenvalue weighted by atomic mass is 9.74. The lowest BCUT2D eigenvalue weighted by Gasteiger charge is -2.41. The highest BCUT2D eigenvalue weighted by Crippen LogP contribution is 2.36. The van der Waals surface area contributed by atoms with E-state index in [-0.39, 0.29) is 12.3 Å². The molecule has 1 aliphatic carbocycles. The third-order valence-corrected chi connectivity index (χ3v) is 5.94. The Morgan fingerprint density at radius 1 is 1.41 bits per heavy atom. The predicted molar refractivity (Wildman–Crippen MR) is 86.7 cm³/mol. The zero-order chi connectivity index (χ0) is 15.7. The van der Waals surface area contributed by atoms with Crippen LogP contribution in [0, 0.1) is 0 Å². The summed E-state index contributed by atoms with van der Waals surface area (Å²) in [6.45, 7) is 0. The van der Waals surface area contributed by atoms with Crippen LogP contribution in [0.1, 0.15) is 36.2 Å². The molecule has 1 aliphatic rings. The van der Waals surface area contributed by atoms with Gasteiger partial charge in [0.1, 0.15) is 10.7 Å². The largest absolute Gasteiger partial charge is 0.481 e. The van der Waals surface area contributed by atoms with Crippen LogP contribution in [0.25, 0.3) is 9.88 Å². The summed E-state index contributed by atoms with van der Waals surface area (Å²) in [7, 11) is 0. The zero-order valence-corrected chi connectivity index (χ0v) is 13.9. The number of hydrogen-bond donors (Lipinski definition) is 2. The Kier molecular flexibility index (Phi) is 4.20. The van der Waals surface area contributed by atoms with Gasteiger partial charge in [-0.3, -0.25) is 9.59 Å². The van der Waals surface area contributed by atoms with E-state index in [0.717, 1.165) is 16.3 Å². The molecular weight excluding hydrogens is 344 g/mol. The Balaban J connectivity index is 1.73. The second-order valence-electron chi connectivity index (χ2n) is 5.30. The molecule has 5 nitrogen and oxygen atoms in total. The van der Waals surface area contributed by atoms with Crippen molar-refractivity contribution in [3.8, 4) is 9.88 Å². The Morgan fingerprint density at radius 3 is 2.73 bits per heavy atom. The maximum atomic E-state index is 12.3. The van der Waals surface area contributed by atoms with Gasteiger partial charge in [0.2, 0.25) is 0 Å². The summed E-state index contributed by atoms with van der Waals surface area (Å²) in [6, 6.07) is 3.66. The second-order valence-corrected chi connectivity index (χ2v) is 7.87. The van der Waals surface area contributed by atoms with Crippen LogP contribution in [0.4, 0.5) is 0 Å². The van der Waals surface area contributed by atoms with E-state index in [2.05, 4.69) is 10.3 Å². The van der Waals surface area contributed by atoms with E-state index >= 15 is 0 Å². The number of carbonyl (C=O) groups is 2. The van der Waals surface area contributed by atoms with E-state index < -0.39 is 11.5 Å². The monoisotopic (exact) mass is 356 g/mol. The molecule has 0 radical (unpaired) electrons. The quantitative estimate of drug-likeness (QED) is 0.857. The summed E-state index contributed by atoms with van der Waals surface area (Å²) in [5, 5.41) is 14.3. The van der Waals surface area contributed by atoms with Crippen molar-refractivity contribution in [3.05, 3.63) is 27.5 Å². The Morgan fingerprint density at radius 2 is 2.18 bits per heavy atom. The smallest absolute Gasteiger partial charge is 0.305 e. The number of thiazole rings is 1. The first kappa shape index (κ1) is 15.5. The Bertz CT molecular complexity index is 721. The van der Waals surface area contributed by atoms with Gasteiger partial charge in [0, 0.05) is 5.38 Å². The van der Waals surface area contributed by atoms with Crippen molar-refractivity contribution in [2.45, 2.75) is 31.2 Å². The van der Waals surface area contributed by atoms with Crippen LogP contribution >= 0.6 is 34.3 Å². The molecule has 1 fully saturated rings. The molecule has 1 saturated carbocycles. The van der Waals surface area contributed by atoms with Crippen LogP contribution in [0.3, 0.4) is 0 Å². The third kappa shape index (κ3) is 3.16. The first-order valence-corrected chi connectivity index (χ1v) is 8.80. The van der Waals surface area contributed by atoms with Crippen molar-refractivity contribution in [1.29, 1.82) is 0 Å². The van der Waals surface area contributed by atoms with Crippen molar-refractivity contribution < 1.29 is 14.7 Å². The number of carboxylic acid groups (broad SMARTS) is 1. The summed E-state index contributed by atoms with van der Waals surface area (Å²) in [5.74, 6) is -1.21. The number of rotatable bonds is 5. The minimum Gasteiger partial charge on any atom is -0.481 e. The number of hydrogen-bond acceptors (Lipinski definition) is 5. The third-order valence-electron chi connectivity index (χ3n) is 3.70. The number of carbonyl (C=O) groups excluding carboxylic acids is 1. The highest BCUT2D eigenvalue weighted by Gasteiger charge is 2.40. The fourth-order valence-electron chi connectivity index (χ4n) is 2.46. The van der Waals surface area contributed by atoms with Crippen molar-refractivity contribution >= 4 is 46.2 Å². The number of aromatic nitrogens is 1. The molecule has 2 heterocycles. The highest BCUT2D eigenvalue weighted by atomic mass is 35.5. The van der Waals surface area contributed by atoms with Crippen molar-refractivity contribution in [2.24, 2.45) is 0 Å². The number of amides is 1. The standard InChI is InChI=1S/C14H13ClN2O3S2/c15-10-3-2-9(22-10)13-16-8(7-21-13)12(20)17-14(4-1-5-14)6-11(18)19/h2-3,7H,1,4-6H2,(H,17,20)(H,18,19). The number of thiophene rings is 1. The summed E-state index contributed by atoms with van der Waals surface area (Å²) in [4.78, 5) is 28.5. The van der Waals surface area contributed by atoms with Gasteiger partial charge in [0.15, 0.2) is 0 Å². The summed E-state index contributed by atoms with van der Waals surface area (Å²) < 4.78 is 0.672. The molecule has 0 atom stereocenters. The zero-order valence-electron chi connectivity index (χ0n) is 11.5. The highest BCUT2D eigenvalue weighted by molar-refractivity contribution is 7.23. The van der Waals surface area contributed by atoms with Crippen molar-refractivity contribution in [3.63, 3.8) is 0 Å². The minimum atomic E-state index is -0.896. The van der Waals surface area contributed by atoms with Gasteiger partial charge in [-0.15, -0.1) is 22.7 Å². The molecule has 22 heavy (non-hydrogen) atoms. The lowest BCUT2D eigenvalue weighted by Crippen LogP contribution is -2.54. The average molecular weight is 357 g/mol. The molecule has 2 aromatic heterocycles. The van der Waals surface area contributed by atoms with E-state index in [1.165, 1.54) is 22.7 Å². The molecule has 0 bridgehead atoms. The number of nitrogens with zero attached hydrogens (tertiary/aromatic N) is 1.